The number of nitrogens with zero attached hydrogens (tertiary/aromatic N) is 1. The number of aliphatic hydroxyl groups is 2. The number of phenols is 1. The molecule has 5 aliphatic rings. The lowest BCUT2D eigenvalue weighted by atomic mass is 9.75. The molecule has 78 heavy (non-hydrogen) atoms. The first-order valence-corrected chi connectivity index (χ1v) is 28.6. The van der Waals surface area contributed by atoms with E-state index in [-0.39, 0.29) is 60.8 Å². The largest absolute Gasteiger partial charge is 0.508 e. The molecule has 16 atom stereocenters. The Morgan fingerprint density at radius 2 is 1.77 bits per heavy atom. The molecule has 17 heteroatoms. The van der Waals surface area contributed by atoms with Gasteiger partial charge in [0.05, 0.1) is 30.3 Å². The Labute approximate surface area is 463 Å². The normalized spacial score (nSPS) is 35.8. The number of amides is 4. The third-order valence-electron chi connectivity index (χ3n) is 17.1. The zero-order chi connectivity index (χ0) is 57.1. The maximum atomic E-state index is 14.6. The third kappa shape index (κ3) is 15.6. The second-order valence-corrected chi connectivity index (χ2v) is 23.4. The highest BCUT2D eigenvalue weighted by molar-refractivity contribution is 5.93. The minimum atomic E-state index is -1.16. The molecular weight excluding hydrogens is 995 g/mol. The van der Waals surface area contributed by atoms with E-state index in [9.17, 15) is 39.3 Å². The van der Waals surface area contributed by atoms with Gasteiger partial charge in [-0.05, 0) is 106 Å². The summed E-state index contributed by atoms with van der Waals surface area (Å²) in [6.07, 6.45) is 16.7. The van der Waals surface area contributed by atoms with Gasteiger partial charge in [0.1, 0.15) is 30.0 Å². The van der Waals surface area contributed by atoms with E-state index in [0.29, 0.717) is 50.5 Å². The number of piperidine rings is 1. The third-order valence-corrected chi connectivity index (χ3v) is 17.1. The lowest BCUT2D eigenvalue weighted by Crippen LogP contribution is -2.64. The van der Waals surface area contributed by atoms with E-state index in [4.69, 9.17) is 18.9 Å². The smallest absolute Gasteiger partial charge is 0.325 e. The van der Waals surface area contributed by atoms with Crippen molar-refractivity contribution in [3.63, 3.8) is 0 Å². The molecule has 17 nitrogen and oxygen atoms in total. The molecule has 432 valence electrons. The second-order valence-electron chi connectivity index (χ2n) is 23.4. The van der Waals surface area contributed by atoms with E-state index in [2.05, 4.69) is 41.3 Å². The minimum Gasteiger partial charge on any atom is -0.508 e. The van der Waals surface area contributed by atoms with Crippen molar-refractivity contribution in [1.82, 2.24) is 26.4 Å². The van der Waals surface area contributed by atoms with E-state index in [1.807, 2.05) is 52.0 Å². The van der Waals surface area contributed by atoms with E-state index in [1.54, 1.807) is 58.1 Å². The highest BCUT2D eigenvalue weighted by atomic mass is 16.7. The topological polar surface area (TPSA) is 234 Å². The molecule has 3 fully saturated rings. The summed E-state index contributed by atoms with van der Waals surface area (Å²) in [6.45, 7) is 19.6. The maximum absolute atomic E-state index is 14.6. The molecule has 1 aromatic rings. The Kier molecular flexibility index (Phi) is 22.1. The van der Waals surface area contributed by atoms with Crippen LogP contribution < -0.4 is 21.4 Å². The van der Waals surface area contributed by atoms with Crippen LogP contribution in [0.2, 0.25) is 0 Å². The fourth-order valence-electron chi connectivity index (χ4n) is 11.6. The number of benzene rings is 1. The lowest BCUT2D eigenvalue weighted by molar-refractivity contribution is -0.280. The van der Waals surface area contributed by atoms with Gasteiger partial charge in [-0.15, -0.1) is 0 Å². The number of hydrazine groups is 1. The van der Waals surface area contributed by atoms with Gasteiger partial charge in [0, 0.05) is 63.0 Å². The van der Waals surface area contributed by atoms with E-state index in [0.717, 1.165) is 24.0 Å². The Morgan fingerprint density at radius 1 is 1.01 bits per heavy atom. The summed E-state index contributed by atoms with van der Waals surface area (Å²) < 4.78 is 25.2. The van der Waals surface area contributed by atoms with Crippen molar-refractivity contribution in [3.8, 4) is 5.75 Å². The molecule has 3 saturated heterocycles. The Hall–Kier alpha value is -5.17. The molecule has 1 unspecified atom stereocenters. The summed E-state index contributed by atoms with van der Waals surface area (Å²) in [7, 11) is 1.53. The molecule has 0 aliphatic carbocycles. The number of phenolic OH excluding ortho intramolecular Hbond substituents is 1. The van der Waals surface area contributed by atoms with Crippen LogP contribution in [0.3, 0.4) is 0 Å². The molecule has 0 aromatic heterocycles. The van der Waals surface area contributed by atoms with Gasteiger partial charge in [0.15, 0.2) is 11.5 Å². The second kappa shape index (κ2) is 27.8. The van der Waals surface area contributed by atoms with Crippen LogP contribution in [0, 0.1) is 41.4 Å². The van der Waals surface area contributed by atoms with Crippen LogP contribution in [-0.2, 0) is 49.3 Å². The van der Waals surface area contributed by atoms with E-state index < -0.39 is 95.5 Å². The van der Waals surface area contributed by atoms with Crippen LogP contribution in [0.25, 0.3) is 0 Å². The van der Waals surface area contributed by atoms with Crippen LogP contribution in [0.15, 0.2) is 84.0 Å². The first-order valence-electron chi connectivity index (χ1n) is 28.6. The Bertz CT molecular complexity index is 2400. The van der Waals surface area contributed by atoms with Gasteiger partial charge < -0.3 is 50.2 Å². The number of carbonyl (C=O) groups is 5. The zero-order valence-corrected chi connectivity index (χ0v) is 48.0. The number of aliphatic hydroxyl groups excluding tert-OH is 2. The highest BCUT2D eigenvalue weighted by Gasteiger charge is 2.51. The van der Waals surface area contributed by atoms with Crippen LogP contribution in [0.5, 0.6) is 5.75 Å². The van der Waals surface area contributed by atoms with Gasteiger partial charge in [-0.25, -0.2) is 5.43 Å². The van der Waals surface area contributed by atoms with Crippen molar-refractivity contribution in [2.24, 2.45) is 41.4 Å². The number of allylic oxidation sites excluding steroid dienone is 5. The number of aromatic hydroxyl groups is 1. The first-order chi connectivity index (χ1) is 37.0. The van der Waals surface area contributed by atoms with Crippen molar-refractivity contribution in [2.75, 3.05) is 13.7 Å². The number of nitrogens with one attached hydrogen (secondary N) is 4. The Balaban J connectivity index is 1.20. The van der Waals surface area contributed by atoms with E-state index >= 15 is 0 Å². The summed E-state index contributed by atoms with van der Waals surface area (Å²) in [5.74, 6) is -4.79. The van der Waals surface area contributed by atoms with E-state index in [1.165, 1.54) is 24.3 Å². The molecule has 5 aliphatic heterocycles. The quantitative estimate of drug-likeness (QED) is 0.0591. The predicted molar refractivity (Wildman–Crippen MR) is 297 cm³/mol. The molecule has 6 rings (SSSR count). The predicted octanol–water partition coefficient (Wildman–Crippen LogP) is 7.17. The first kappa shape index (κ1) is 62.0. The molecule has 0 radical (unpaired) electrons. The summed E-state index contributed by atoms with van der Waals surface area (Å²) in [4.78, 5) is 70.5. The van der Waals surface area contributed by atoms with Crippen LogP contribution >= 0.6 is 0 Å². The molecule has 1 aromatic carbocycles. The van der Waals surface area contributed by atoms with Gasteiger partial charge in [0.2, 0.25) is 17.7 Å². The lowest BCUT2D eigenvalue weighted by Gasteiger charge is -2.51. The number of hydrogen-bond donors (Lipinski definition) is 7. The Morgan fingerprint density at radius 3 is 2.47 bits per heavy atom. The van der Waals surface area contributed by atoms with Crippen molar-refractivity contribution in [3.05, 3.63) is 89.6 Å². The average molecular weight is 1090 g/mol. The summed E-state index contributed by atoms with van der Waals surface area (Å²) in [5.41, 5.74) is 4.58. The van der Waals surface area contributed by atoms with Crippen molar-refractivity contribution >= 4 is 29.6 Å². The minimum absolute atomic E-state index is 0.00123. The number of ether oxygens (including phenoxy) is 4. The number of hydrogen-bond acceptors (Lipinski definition) is 13. The van der Waals surface area contributed by atoms with Gasteiger partial charge in [-0.1, -0.05) is 109 Å². The molecule has 1 spiro atoms. The molecule has 2 bridgehead atoms. The number of esters is 1. The van der Waals surface area contributed by atoms with Gasteiger partial charge in [0.25, 0.3) is 5.91 Å². The summed E-state index contributed by atoms with van der Waals surface area (Å²) >= 11 is 0. The number of carbonyl (C=O) groups excluding carboxylic acids is 5. The van der Waals surface area contributed by atoms with Crippen molar-refractivity contribution in [1.29, 1.82) is 0 Å². The molecule has 7 N–H and O–H groups in total. The fourth-order valence-corrected chi connectivity index (χ4v) is 11.6. The maximum Gasteiger partial charge on any atom is 0.325 e. The van der Waals surface area contributed by atoms with Crippen LogP contribution in [-0.4, -0.2) is 124 Å². The van der Waals surface area contributed by atoms with Crippen molar-refractivity contribution < 1.29 is 58.2 Å². The number of methoxy groups -OCH3 is 1. The fraction of sp³-hybridized carbons (Fsp3) is 0.656. The highest BCUT2D eigenvalue weighted by Crippen LogP contribution is 2.43. The standard InChI is InChI=1S/C61H91N5O12/c1-12-44-32-41(8)61(64-55(44)70)40(7)31-39(6)52(77-61)35-50(69)37(4)21-15-13-16-22-38(5)51-27-18-14-17-26-49(68)42(9)54-46(28-29-60(10,75-11)78-54)56(71)63-53(36(2)3)57(72)62-48(34-43-23-19-24-45(67)33-43)58(73)66-30-20-25-47(65-66)59(74)76-51/h13-14,16-19,22-24,26,31,33,36-37,39,41-42,44,46-54,65,67-69H,12,15,20-21,25,27-30,32,34-35H2,1-11H3,(H,62,72)(H,63,71)(H,64,70)/b16-13+,18-14+,26-17+,38-22+/t37-,39+,41-,42+,44-,46+,47?,48-,49-,50-,51-,52-,53-,54+,60-,61-/m0/s1. The van der Waals surface area contributed by atoms with Crippen LogP contribution in [0.4, 0.5) is 0 Å². The number of cyclic esters (lactones) is 1. The van der Waals surface area contributed by atoms with Gasteiger partial charge in [-0.3, -0.25) is 29.0 Å². The number of fused-ring (bicyclic) bond motifs is 3. The van der Waals surface area contributed by atoms with Gasteiger partial charge >= 0.3 is 5.97 Å². The zero-order valence-electron chi connectivity index (χ0n) is 48.0. The monoisotopic (exact) mass is 1090 g/mol. The molecule has 4 amide bonds. The SMILES string of the molecule is CC[C@H]1C[C@H](C)[C@@]2(NC1=O)O[C@@H](C[C@H](O)[C@@H](C)CC/C=C/C=C(\C)[C@@H]1C/C=C/C=C/[C@H](O)[C@@H](C)[C@H]3O[C@](C)(OC)CC[C@H]3C(=O)N[C@@H](C(C)C)C(=O)N[C@@H](Cc3cccc(O)c3)C(=O)N3CCCC(N3)C(=O)O1)[C@H](C)C=C2C. The molecular formula is C61H91N5O12. The molecule has 0 saturated carbocycles. The molecule has 5 heterocycles. The van der Waals surface area contributed by atoms with Crippen molar-refractivity contribution in [2.45, 2.75) is 200 Å². The summed E-state index contributed by atoms with van der Waals surface area (Å²) in [6, 6.07) is 3.30. The average Bonchev–Trinajstić information content (AvgIpc) is 3.41. The van der Waals surface area contributed by atoms with Crippen LogP contribution in [0.1, 0.15) is 139 Å². The van der Waals surface area contributed by atoms with Gasteiger partial charge in [-0.2, -0.15) is 0 Å². The summed E-state index contributed by atoms with van der Waals surface area (Å²) in [5, 5.41) is 43.8. The number of rotatable bonds is 13.